The zero-order valence-electron chi connectivity index (χ0n) is 8.91. The molecule has 2 heterocycles. The van der Waals surface area contributed by atoms with Crippen molar-refractivity contribution in [2.75, 3.05) is 19.6 Å². The summed E-state index contributed by atoms with van der Waals surface area (Å²) in [6, 6.07) is 0. The summed E-state index contributed by atoms with van der Waals surface area (Å²) in [4.78, 5) is 4.32. The summed E-state index contributed by atoms with van der Waals surface area (Å²) < 4.78 is 5.18. The normalized spacial score (nSPS) is 18.2. The number of hydrogen-bond donors (Lipinski definition) is 2. The molecule has 0 amide bonds. The summed E-state index contributed by atoms with van der Waals surface area (Å²) in [6.45, 7) is 2.79. The molecule has 1 aliphatic heterocycles. The van der Waals surface area contributed by atoms with Gasteiger partial charge in [0.2, 0.25) is 5.89 Å². The predicted molar refractivity (Wildman–Crippen MR) is 56.4 cm³/mol. The topological polar surface area (TPSA) is 77.0 Å². The summed E-state index contributed by atoms with van der Waals surface area (Å²) >= 11 is 0. The molecule has 2 rings (SSSR count). The van der Waals surface area contributed by atoms with Crippen molar-refractivity contribution < 1.29 is 4.52 Å². The van der Waals surface area contributed by atoms with Gasteiger partial charge in [-0.3, -0.25) is 0 Å². The maximum Gasteiger partial charge on any atom is 0.226 e. The number of nitrogens with zero attached hydrogens (tertiary/aromatic N) is 2. The zero-order valence-corrected chi connectivity index (χ0v) is 8.91. The minimum atomic E-state index is 0.576. The highest BCUT2D eigenvalue weighted by Gasteiger charge is 2.16. The third-order valence-corrected chi connectivity index (χ3v) is 2.80. The quantitative estimate of drug-likeness (QED) is 0.737. The number of hydrogen-bond acceptors (Lipinski definition) is 5. The molecule has 15 heavy (non-hydrogen) atoms. The summed E-state index contributed by atoms with van der Waals surface area (Å²) in [5.74, 6) is 2.20. The first-order valence-electron chi connectivity index (χ1n) is 5.60. The molecule has 0 aromatic carbocycles. The number of nitrogens with one attached hydrogen (secondary N) is 1. The van der Waals surface area contributed by atoms with E-state index in [0.717, 1.165) is 31.2 Å². The third kappa shape index (κ3) is 3.00. The lowest BCUT2D eigenvalue weighted by Crippen LogP contribution is -2.28. The van der Waals surface area contributed by atoms with E-state index in [2.05, 4.69) is 15.5 Å². The van der Waals surface area contributed by atoms with Gasteiger partial charge in [-0.1, -0.05) is 5.16 Å². The Hall–Kier alpha value is -0.940. The molecule has 0 aliphatic carbocycles. The number of aromatic nitrogens is 2. The Kier molecular flexibility index (Phi) is 3.69. The molecule has 1 aromatic rings. The molecule has 3 N–H and O–H groups in total. The van der Waals surface area contributed by atoms with Gasteiger partial charge in [-0.2, -0.15) is 4.98 Å². The molecular formula is C10H18N4O. The first-order valence-corrected chi connectivity index (χ1v) is 5.60. The van der Waals surface area contributed by atoms with Crippen LogP contribution in [0.5, 0.6) is 0 Å². The fourth-order valence-electron chi connectivity index (χ4n) is 1.94. The molecule has 0 unspecified atom stereocenters. The van der Waals surface area contributed by atoms with Crippen LogP contribution < -0.4 is 11.1 Å². The van der Waals surface area contributed by atoms with Crippen LogP contribution in [0.1, 0.15) is 24.6 Å². The van der Waals surface area contributed by atoms with Crippen LogP contribution >= 0.6 is 0 Å². The van der Waals surface area contributed by atoms with Crippen LogP contribution in [0.3, 0.4) is 0 Å². The summed E-state index contributed by atoms with van der Waals surface area (Å²) in [5.41, 5.74) is 5.42. The lowest BCUT2D eigenvalue weighted by Gasteiger charge is -2.20. The van der Waals surface area contributed by atoms with Crippen molar-refractivity contribution in [3.63, 3.8) is 0 Å². The molecule has 84 valence electrons. The van der Waals surface area contributed by atoms with Crippen LogP contribution in [0.25, 0.3) is 0 Å². The van der Waals surface area contributed by atoms with Gasteiger partial charge in [0.25, 0.3) is 0 Å². The Balaban J connectivity index is 1.86. The van der Waals surface area contributed by atoms with Gasteiger partial charge in [0.15, 0.2) is 5.82 Å². The van der Waals surface area contributed by atoms with Crippen molar-refractivity contribution >= 4 is 0 Å². The maximum atomic E-state index is 5.42. The first kappa shape index (κ1) is 10.6. The highest BCUT2D eigenvalue weighted by atomic mass is 16.5. The second-order valence-electron chi connectivity index (χ2n) is 4.04. The van der Waals surface area contributed by atoms with Crippen LogP contribution in [0.4, 0.5) is 0 Å². The lowest BCUT2D eigenvalue weighted by molar-refractivity contribution is 0.312. The van der Waals surface area contributed by atoms with Crippen molar-refractivity contribution in [1.29, 1.82) is 0 Å². The minimum absolute atomic E-state index is 0.576. The van der Waals surface area contributed by atoms with E-state index in [-0.39, 0.29) is 0 Å². The number of piperidine rings is 1. The summed E-state index contributed by atoms with van der Waals surface area (Å²) in [7, 11) is 0. The smallest absolute Gasteiger partial charge is 0.226 e. The van der Waals surface area contributed by atoms with E-state index in [1.807, 2.05) is 0 Å². The molecule has 0 saturated carbocycles. The molecule has 1 aromatic heterocycles. The standard InChI is InChI=1S/C10H18N4O/c11-4-1-9-13-10(15-14-9)7-8-2-5-12-6-3-8/h8,12H,1-7,11H2. The summed E-state index contributed by atoms with van der Waals surface area (Å²) in [5, 5.41) is 7.23. The third-order valence-electron chi connectivity index (χ3n) is 2.80. The average Bonchev–Trinajstić information content (AvgIpc) is 2.68. The fourth-order valence-corrected chi connectivity index (χ4v) is 1.94. The molecule has 1 saturated heterocycles. The van der Waals surface area contributed by atoms with E-state index >= 15 is 0 Å². The molecule has 0 atom stereocenters. The van der Waals surface area contributed by atoms with E-state index < -0.39 is 0 Å². The van der Waals surface area contributed by atoms with Crippen molar-refractivity contribution in [1.82, 2.24) is 15.5 Å². The molecule has 5 nitrogen and oxygen atoms in total. The van der Waals surface area contributed by atoms with Gasteiger partial charge in [0.1, 0.15) is 0 Å². The van der Waals surface area contributed by atoms with Gasteiger partial charge in [0, 0.05) is 12.8 Å². The Labute approximate surface area is 89.4 Å². The fraction of sp³-hybridized carbons (Fsp3) is 0.800. The lowest BCUT2D eigenvalue weighted by atomic mass is 9.95. The largest absolute Gasteiger partial charge is 0.339 e. The maximum absolute atomic E-state index is 5.42. The Bertz CT molecular complexity index is 293. The Morgan fingerprint density at radius 2 is 2.20 bits per heavy atom. The van der Waals surface area contributed by atoms with Gasteiger partial charge >= 0.3 is 0 Å². The van der Waals surface area contributed by atoms with E-state index in [9.17, 15) is 0 Å². The van der Waals surface area contributed by atoms with Gasteiger partial charge < -0.3 is 15.6 Å². The van der Waals surface area contributed by atoms with Crippen molar-refractivity contribution in [3.8, 4) is 0 Å². The Morgan fingerprint density at radius 1 is 1.40 bits per heavy atom. The zero-order chi connectivity index (χ0) is 10.5. The Morgan fingerprint density at radius 3 is 2.93 bits per heavy atom. The van der Waals surface area contributed by atoms with Gasteiger partial charge in [-0.05, 0) is 38.4 Å². The minimum Gasteiger partial charge on any atom is -0.339 e. The molecule has 1 aliphatic rings. The van der Waals surface area contributed by atoms with Gasteiger partial charge in [-0.25, -0.2) is 0 Å². The van der Waals surface area contributed by atoms with E-state index in [0.29, 0.717) is 18.9 Å². The van der Waals surface area contributed by atoms with Gasteiger partial charge in [0.05, 0.1) is 0 Å². The average molecular weight is 210 g/mol. The van der Waals surface area contributed by atoms with Crippen LogP contribution in [-0.2, 0) is 12.8 Å². The van der Waals surface area contributed by atoms with E-state index in [4.69, 9.17) is 10.3 Å². The van der Waals surface area contributed by atoms with Crippen molar-refractivity contribution in [3.05, 3.63) is 11.7 Å². The molecule has 1 fully saturated rings. The second-order valence-corrected chi connectivity index (χ2v) is 4.04. The van der Waals surface area contributed by atoms with Gasteiger partial charge in [-0.15, -0.1) is 0 Å². The summed E-state index contributed by atoms with van der Waals surface area (Å²) in [6.07, 6.45) is 4.03. The molecule has 0 spiro atoms. The van der Waals surface area contributed by atoms with Crippen LogP contribution in [0.15, 0.2) is 4.52 Å². The molecule has 0 radical (unpaired) electrons. The van der Waals surface area contributed by atoms with Crippen molar-refractivity contribution in [2.45, 2.75) is 25.7 Å². The van der Waals surface area contributed by atoms with Crippen LogP contribution in [0.2, 0.25) is 0 Å². The van der Waals surface area contributed by atoms with E-state index in [1.54, 1.807) is 0 Å². The molecule has 5 heteroatoms. The first-order chi connectivity index (χ1) is 7.38. The van der Waals surface area contributed by atoms with Crippen LogP contribution in [0, 0.1) is 5.92 Å². The highest BCUT2D eigenvalue weighted by molar-refractivity contribution is 4.89. The highest BCUT2D eigenvalue weighted by Crippen LogP contribution is 2.16. The predicted octanol–water partition coefficient (Wildman–Crippen LogP) is 0.113. The SMILES string of the molecule is NCCc1noc(CC2CCNCC2)n1. The number of rotatable bonds is 4. The monoisotopic (exact) mass is 210 g/mol. The van der Waals surface area contributed by atoms with E-state index in [1.165, 1.54) is 12.8 Å². The second kappa shape index (κ2) is 5.23. The molecule has 0 bridgehead atoms. The molecular weight excluding hydrogens is 192 g/mol. The van der Waals surface area contributed by atoms with Crippen molar-refractivity contribution in [2.24, 2.45) is 11.7 Å². The number of nitrogens with two attached hydrogens (primary N) is 1. The van der Waals surface area contributed by atoms with Crippen LogP contribution in [-0.4, -0.2) is 29.8 Å².